The molecule has 2 aromatic heterocycles. The van der Waals surface area contributed by atoms with E-state index in [4.69, 9.17) is 9.72 Å². The van der Waals surface area contributed by atoms with Gasteiger partial charge in [0.25, 0.3) is 21.6 Å². The lowest BCUT2D eigenvalue weighted by Crippen LogP contribution is -2.63. The summed E-state index contributed by atoms with van der Waals surface area (Å²) in [6.45, 7) is 10.5. The molecule has 4 heterocycles. The summed E-state index contributed by atoms with van der Waals surface area (Å²) in [5.74, 6) is 0.170. The molecule has 2 saturated heterocycles. The van der Waals surface area contributed by atoms with E-state index < -0.39 is 42.9 Å². The lowest BCUT2D eigenvalue weighted by molar-refractivity contribution is -0.384. The number of aromatic nitrogens is 2. The first-order chi connectivity index (χ1) is 32.6. The Labute approximate surface area is 397 Å². The molecule has 3 aromatic carbocycles. The van der Waals surface area contributed by atoms with Crippen LogP contribution in [0.15, 0.2) is 77.8 Å². The number of nitro benzene ring substituents is 1. The highest BCUT2D eigenvalue weighted by molar-refractivity contribution is 7.90. The molecule has 0 unspecified atom stereocenters. The molecule has 2 atom stereocenters. The molecule has 5 fully saturated rings. The Morgan fingerprint density at radius 2 is 1.74 bits per heavy atom. The van der Waals surface area contributed by atoms with Crippen LogP contribution in [0.4, 0.5) is 21.5 Å². The molecular formula is C52H62FN7O7S. The van der Waals surface area contributed by atoms with E-state index in [1.807, 2.05) is 0 Å². The first-order valence-electron chi connectivity index (χ1n) is 24.4. The molecule has 16 heteroatoms. The zero-order valence-corrected chi connectivity index (χ0v) is 39.9. The Morgan fingerprint density at radius 1 is 0.985 bits per heavy atom. The molecule has 68 heavy (non-hydrogen) atoms. The molecule has 4 N–H and O–H groups in total. The maximum atomic E-state index is 15.0. The molecule has 1 spiro atoms. The van der Waals surface area contributed by atoms with Crippen LogP contribution in [0.25, 0.3) is 11.0 Å². The topological polar surface area (TPSA) is 183 Å². The minimum Gasteiger partial charge on any atom is -0.454 e. The van der Waals surface area contributed by atoms with Crippen molar-refractivity contribution in [3.8, 4) is 11.5 Å². The molecule has 3 saturated carbocycles. The van der Waals surface area contributed by atoms with Crippen LogP contribution in [0.1, 0.15) is 136 Å². The number of hydrogen-bond donors (Lipinski definition) is 4. The van der Waals surface area contributed by atoms with Crippen LogP contribution in [0.3, 0.4) is 0 Å². The first kappa shape index (κ1) is 46.2. The number of fused-ring (bicyclic) bond motifs is 1. The molecule has 3 aliphatic carbocycles. The highest BCUT2D eigenvalue weighted by atomic mass is 32.2. The van der Waals surface area contributed by atoms with Crippen LogP contribution >= 0.6 is 0 Å². The summed E-state index contributed by atoms with van der Waals surface area (Å²) in [5, 5.41) is 25.9. The smallest absolute Gasteiger partial charge is 0.293 e. The number of nitro groups is 1. The monoisotopic (exact) mass is 947 g/mol. The molecule has 2 aliphatic heterocycles. The largest absolute Gasteiger partial charge is 0.454 e. The van der Waals surface area contributed by atoms with Gasteiger partial charge in [0.05, 0.1) is 32.1 Å². The molecule has 10 rings (SSSR count). The summed E-state index contributed by atoms with van der Waals surface area (Å²) >= 11 is 0. The normalized spacial score (nSPS) is 24.0. The number of rotatable bonds is 14. The number of H-pyrrole nitrogens is 1. The van der Waals surface area contributed by atoms with Gasteiger partial charge in [-0.2, -0.15) is 0 Å². The van der Waals surface area contributed by atoms with E-state index in [2.05, 4.69) is 62.9 Å². The number of likely N-dealkylation sites (tertiary alicyclic amines) is 1. The Balaban J connectivity index is 0.874. The number of halogens is 1. The molecule has 1 amide bonds. The lowest BCUT2D eigenvalue weighted by Gasteiger charge is -2.57. The van der Waals surface area contributed by atoms with Gasteiger partial charge in [0.15, 0.2) is 0 Å². The molecule has 0 bridgehead atoms. The number of piperidine rings is 1. The zero-order chi connectivity index (χ0) is 47.5. The standard InChI is InChI=1S/C52H62FN7O7S/c1-32(2)37-7-4-5-8-38(37)39-9-6-10-44(39)59-30-52(31-59)21-23-58(24-22-52)35-13-15-40(46(25-35)67-47-27-41-42(53)29-55-49(41)56-48(47)34-11-12-34)50(61)57-68(65,66)36-14-16-43(45(26-36)60(63)64)54-28-33-17-19-51(3,62)20-18-33/h4-5,7-8,13-16,25-27,29,32-34,39,44,54,62H,6,9-12,17-24,28,30-31H2,1-3H3,(H,55,56)(H,57,61)/t33?,39-,44-,51?/m1/s1. The number of pyridine rings is 1. The van der Waals surface area contributed by atoms with Gasteiger partial charge in [-0.1, -0.05) is 44.5 Å². The van der Waals surface area contributed by atoms with E-state index in [0.29, 0.717) is 48.6 Å². The van der Waals surface area contributed by atoms with Crippen molar-refractivity contribution < 1.29 is 32.4 Å². The maximum absolute atomic E-state index is 15.0. The maximum Gasteiger partial charge on any atom is 0.293 e. The van der Waals surface area contributed by atoms with Gasteiger partial charge >= 0.3 is 0 Å². The van der Waals surface area contributed by atoms with E-state index in [-0.39, 0.29) is 45.4 Å². The summed E-state index contributed by atoms with van der Waals surface area (Å²) in [6, 6.07) is 19.7. The van der Waals surface area contributed by atoms with Crippen molar-refractivity contribution in [2.75, 3.05) is 42.9 Å². The lowest BCUT2D eigenvalue weighted by atomic mass is 9.70. The minimum absolute atomic E-state index is 0.0769. The van der Waals surface area contributed by atoms with Crippen LogP contribution in [0.2, 0.25) is 0 Å². The van der Waals surface area contributed by atoms with E-state index in [1.54, 1.807) is 31.2 Å². The molecule has 360 valence electrons. The van der Waals surface area contributed by atoms with Gasteiger partial charge in [-0.25, -0.2) is 22.5 Å². The van der Waals surface area contributed by atoms with Gasteiger partial charge < -0.3 is 25.0 Å². The van der Waals surface area contributed by atoms with Crippen molar-refractivity contribution in [3.05, 3.63) is 111 Å². The second-order valence-electron chi connectivity index (χ2n) is 20.9. The number of benzene rings is 3. The fraction of sp³-hybridized carbons (Fsp3) is 0.500. The highest BCUT2D eigenvalue weighted by Gasteiger charge is 2.49. The Hall–Kier alpha value is -5.58. The number of anilines is 2. The van der Waals surface area contributed by atoms with Crippen molar-refractivity contribution in [1.29, 1.82) is 0 Å². The predicted octanol–water partition coefficient (Wildman–Crippen LogP) is 10.1. The van der Waals surface area contributed by atoms with Crippen LogP contribution in [0, 0.1) is 27.3 Å². The average Bonchev–Trinajstić information content (AvgIpc) is 3.93. The number of ether oxygens (including phenoxy) is 1. The number of amides is 1. The minimum atomic E-state index is -4.63. The van der Waals surface area contributed by atoms with Gasteiger partial charge in [0, 0.05) is 68.7 Å². The number of hydrogen-bond acceptors (Lipinski definition) is 11. The number of nitrogens with zero attached hydrogens (tertiary/aromatic N) is 4. The van der Waals surface area contributed by atoms with Crippen molar-refractivity contribution in [3.63, 3.8) is 0 Å². The molecule has 14 nitrogen and oxygen atoms in total. The third kappa shape index (κ3) is 9.30. The number of sulfonamides is 1. The third-order valence-electron chi connectivity index (χ3n) is 15.7. The van der Waals surface area contributed by atoms with E-state index in [1.165, 1.54) is 48.7 Å². The van der Waals surface area contributed by atoms with Gasteiger partial charge in [0.1, 0.15) is 28.7 Å². The average molecular weight is 948 g/mol. The van der Waals surface area contributed by atoms with Gasteiger partial charge in [-0.15, -0.1) is 0 Å². The summed E-state index contributed by atoms with van der Waals surface area (Å²) in [4.78, 5) is 37.9. The Bertz CT molecular complexity index is 2840. The van der Waals surface area contributed by atoms with E-state index in [9.17, 15) is 32.8 Å². The summed E-state index contributed by atoms with van der Waals surface area (Å²) in [6.07, 6.45) is 11.4. The number of nitrogens with one attached hydrogen (secondary N) is 3. The van der Waals surface area contributed by atoms with Gasteiger partial charge in [-0.3, -0.25) is 19.8 Å². The van der Waals surface area contributed by atoms with Crippen molar-refractivity contribution in [2.24, 2.45) is 11.3 Å². The fourth-order valence-electron chi connectivity index (χ4n) is 11.5. The quantitative estimate of drug-likeness (QED) is 0.0614. The van der Waals surface area contributed by atoms with Crippen LogP contribution in [-0.2, 0) is 10.0 Å². The molecule has 5 aliphatic rings. The highest BCUT2D eigenvalue weighted by Crippen LogP contribution is 2.50. The third-order valence-corrected chi connectivity index (χ3v) is 17.0. The number of aliphatic hydroxyl groups is 1. The number of carbonyl (C=O) groups excluding carboxylic acids is 1. The Kier molecular flexibility index (Phi) is 12.3. The number of carbonyl (C=O) groups is 1. The molecule has 0 radical (unpaired) electrons. The Morgan fingerprint density at radius 3 is 2.46 bits per heavy atom. The SMILES string of the molecule is CC(C)c1ccccc1[C@H]1CCC[C@H]1N1CC2(CCN(c3ccc(C(=O)NS(=O)(=O)c4ccc(NCC5CCC(C)(O)CC5)c([N+](=O)[O-])c4)c(Oc4cc5c(F)c[nH]c5nc4C4CC4)c3)CC2)C1. The van der Waals surface area contributed by atoms with Crippen LogP contribution < -0.4 is 19.7 Å². The predicted molar refractivity (Wildman–Crippen MR) is 260 cm³/mol. The van der Waals surface area contributed by atoms with E-state index >= 15 is 0 Å². The van der Waals surface area contributed by atoms with Crippen LogP contribution in [-0.4, -0.2) is 83.6 Å². The van der Waals surface area contributed by atoms with E-state index in [0.717, 1.165) is 76.5 Å². The van der Waals surface area contributed by atoms with Crippen molar-refractivity contribution in [1.82, 2.24) is 19.6 Å². The first-order valence-corrected chi connectivity index (χ1v) is 25.9. The molecule has 5 aromatic rings. The molecular weight excluding hydrogens is 886 g/mol. The van der Waals surface area contributed by atoms with Crippen molar-refractivity contribution >= 4 is 44.0 Å². The second kappa shape index (κ2) is 18.1. The van der Waals surface area contributed by atoms with Gasteiger partial charge in [-0.05, 0) is 136 Å². The number of aromatic amines is 1. The summed E-state index contributed by atoms with van der Waals surface area (Å²) < 4.78 is 51.4. The fourth-order valence-corrected chi connectivity index (χ4v) is 12.5. The summed E-state index contributed by atoms with van der Waals surface area (Å²) in [5.41, 5.74) is 3.92. The zero-order valence-electron chi connectivity index (χ0n) is 39.1. The summed E-state index contributed by atoms with van der Waals surface area (Å²) in [7, 11) is -4.63. The second-order valence-corrected chi connectivity index (χ2v) is 22.6. The van der Waals surface area contributed by atoms with Crippen LogP contribution in [0.5, 0.6) is 11.5 Å². The van der Waals surface area contributed by atoms with Gasteiger partial charge in [0.2, 0.25) is 0 Å². The van der Waals surface area contributed by atoms with Crippen molar-refractivity contribution in [2.45, 2.75) is 126 Å².